The third kappa shape index (κ3) is 5.84. The topological polar surface area (TPSA) is 49.8 Å². The van der Waals surface area contributed by atoms with Gasteiger partial charge in [-0.15, -0.1) is 12.4 Å². The van der Waals surface area contributed by atoms with E-state index in [1.807, 2.05) is 42.5 Å². The van der Waals surface area contributed by atoms with Gasteiger partial charge >= 0.3 is 5.97 Å². The second-order valence-electron chi connectivity index (χ2n) is 7.88. The maximum absolute atomic E-state index is 13.1. The number of carbonyl (C=O) groups is 1. The van der Waals surface area contributed by atoms with Gasteiger partial charge in [-0.2, -0.15) is 0 Å². The van der Waals surface area contributed by atoms with Crippen LogP contribution in [0.15, 0.2) is 48.5 Å². The van der Waals surface area contributed by atoms with E-state index in [1.165, 1.54) is 17.5 Å². The molecule has 1 unspecified atom stereocenters. The van der Waals surface area contributed by atoms with E-state index in [2.05, 4.69) is 24.8 Å². The van der Waals surface area contributed by atoms with Crippen LogP contribution in [0, 0.1) is 0 Å². The molecule has 0 fully saturated rings. The molecule has 4 nitrogen and oxygen atoms in total. The van der Waals surface area contributed by atoms with Crippen LogP contribution >= 0.6 is 12.4 Å². The summed E-state index contributed by atoms with van der Waals surface area (Å²) >= 11 is 0. The number of aliphatic hydroxyl groups is 1. The largest absolute Gasteiger partial charge is 0.462 e. The fourth-order valence-electron chi connectivity index (χ4n) is 4.10. The number of rotatable bonds is 9. The van der Waals surface area contributed by atoms with Crippen molar-refractivity contribution >= 4 is 18.4 Å². The van der Waals surface area contributed by atoms with E-state index < -0.39 is 11.6 Å². The predicted molar refractivity (Wildman–Crippen MR) is 123 cm³/mol. The van der Waals surface area contributed by atoms with Crippen molar-refractivity contribution in [3.05, 3.63) is 70.8 Å². The van der Waals surface area contributed by atoms with Crippen molar-refractivity contribution in [2.24, 2.45) is 0 Å². The van der Waals surface area contributed by atoms with E-state index in [0.717, 1.165) is 37.9 Å². The Morgan fingerprint density at radius 2 is 1.70 bits per heavy atom. The second kappa shape index (κ2) is 11.5. The molecule has 0 heterocycles. The Balaban J connectivity index is 0.00000320. The highest BCUT2D eigenvalue weighted by Gasteiger charge is 2.40. The number of nitrogens with zero attached hydrogens (tertiary/aromatic N) is 1. The number of benzene rings is 2. The number of hydrogen-bond donors (Lipinski definition) is 1. The highest BCUT2D eigenvalue weighted by Crippen LogP contribution is 2.31. The quantitative estimate of drug-likeness (QED) is 0.601. The normalized spacial score (nSPS) is 15.1. The fraction of sp³-hybridized carbons (Fsp3) is 0.480. The molecule has 0 radical (unpaired) electrons. The number of aryl methyl sites for hydroxylation is 2. The van der Waals surface area contributed by atoms with E-state index >= 15 is 0 Å². The van der Waals surface area contributed by atoms with E-state index in [1.54, 1.807) is 0 Å². The summed E-state index contributed by atoms with van der Waals surface area (Å²) in [6, 6.07) is 15.6. The van der Waals surface area contributed by atoms with E-state index in [0.29, 0.717) is 12.1 Å². The zero-order chi connectivity index (χ0) is 20.7. The number of fused-ring (bicyclic) bond motifs is 1. The molecule has 5 heteroatoms. The lowest BCUT2D eigenvalue weighted by Gasteiger charge is -2.29. The van der Waals surface area contributed by atoms with Crippen LogP contribution < -0.4 is 0 Å². The number of hydrogen-bond acceptors (Lipinski definition) is 4. The minimum absolute atomic E-state index is 0. The molecule has 0 bridgehead atoms. The van der Waals surface area contributed by atoms with Crippen LogP contribution in [0.5, 0.6) is 0 Å². The summed E-state index contributed by atoms with van der Waals surface area (Å²) in [7, 11) is 0. The standard InChI is InChI=1S/C25H33NO3.ClH/c1-3-26(4-2)16-17-29-24(27)25(28,19-20-10-6-5-7-11-20)23-15-14-21-12-8-9-13-22(21)18-23;/h5-7,10-11,14-15,18,28H,3-4,8-9,12-13,16-17,19H2,1-2H3;1H. The van der Waals surface area contributed by atoms with E-state index in [9.17, 15) is 9.90 Å². The van der Waals surface area contributed by atoms with E-state index in [4.69, 9.17) is 4.74 Å². The summed E-state index contributed by atoms with van der Waals surface area (Å²) in [5.74, 6) is -0.565. The van der Waals surface area contributed by atoms with Gasteiger partial charge in [0, 0.05) is 13.0 Å². The molecular formula is C25H34ClNO3. The Kier molecular flexibility index (Phi) is 9.35. The van der Waals surface area contributed by atoms with Gasteiger partial charge in [0.2, 0.25) is 0 Å². The van der Waals surface area contributed by atoms with Gasteiger partial charge in [-0.05, 0) is 61.0 Å². The molecule has 1 aliphatic carbocycles. The number of esters is 1. The Bertz CT molecular complexity index is 807. The fourth-order valence-corrected chi connectivity index (χ4v) is 4.10. The molecule has 2 aromatic carbocycles. The summed E-state index contributed by atoms with van der Waals surface area (Å²) in [5, 5.41) is 11.6. The minimum atomic E-state index is -1.68. The van der Waals surface area contributed by atoms with Crippen LogP contribution in [-0.4, -0.2) is 42.2 Å². The highest BCUT2D eigenvalue weighted by atomic mass is 35.5. The van der Waals surface area contributed by atoms with Crippen molar-refractivity contribution in [1.82, 2.24) is 4.90 Å². The highest BCUT2D eigenvalue weighted by molar-refractivity contribution is 5.85. The summed E-state index contributed by atoms with van der Waals surface area (Å²) in [5.41, 5.74) is 2.44. The average molecular weight is 432 g/mol. The third-order valence-electron chi connectivity index (χ3n) is 6.00. The number of carbonyl (C=O) groups excluding carboxylic acids is 1. The average Bonchev–Trinajstić information content (AvgIpc) is 2.76. The monoisotopic (exact) mass is 431 g/mol. The molecule has 30 heavy (non-hydrogen) atoms. The molecule has 3 rings (SSSR count). The van der Waals surface area contributed by atoms with Crippen LogP contribution in [0.2, 0.25) is 0 Å². The van der Waals surface area contributed by atoms with Gasteiger partial charge in [0.15, 0.2) is 5.60 Å². The zero-order valence-electron chi connectivity index (χ0n) is 18.1. The van der Waals surface area contributed by atoms with Crippen LogP contribution in [0.3, 0.4) is 0 Å². The summed E-state index contributed by atoms with van der Waals surface area (Å²) < 4.78 is 5.58. The minimum Gasteiger partial charge on any atom is -0.462 e. The molecule has 0 spiro atoms. The summed E-state index contributed by atoms with van der Waals surface area (Å²) in [6.45, 7) is 6.95. The van der Waals surface area contributed by atoms with Gasteiger partial charge < -0.3 is 14.7 Å². The van der Waals surface area contributed by atoms with Gasteiger partial charge in [-0.25, -0.2) is 4.79 Å². The first-order valence-corrected chi connectivity index (χ1v) is 10.8. The molecule has 0 amide bonds. The summed E-state index contributed by atoms with van der Waals surface area (Å²) in [4.78, 5) is 15.3. The molecule has 1 N–H and O–H groups in total. The van der Waals surface area contributed by atoms with Crippen molar-refractivity contribution in [2.45, 2.75) is 51.6 Å². The number of likely N-dealkylation sites (N-methyl/N-ethyl adjacent to an activating group) is 1. The summed E-state index contributed by atoms with van der Waals surface area (Å²) in [6.07, 6.45) is 4.63. The van der Waals surface area contributed by atoms with Crippen LogP contribution in [0.1, 0.15) is 48.9 Å². The third-order valence-corrected chi connectivity index (χ3v) is 6.00. The molecule has 164 valence electrons. The second-order valence-corrected chi connectivity index (χ2v) is 7.88. The van der Waals surface area contributed by atoms with Crippen molar-refractivity contribution in [2.75, 3.05) is 26.2 Å². The number of halogens is 1. The lowest BCUT2D eigenvalue weighted by atomic mass is 9.83. The first-order chi connectivity index (χ1) is 14.1. The van der Waals surface area contributed by atoms with Crippen molar-refractivity contribution in [1.29, 1.82) is 0 Å². The lowest BCUT2D eigenvalue weighted by molar-refractivity contribution is -0.167. The van der Waals surface area contributed by atoms with Gasteiger partial charge in [-0.3, -0.25) is 0 Å². The van der Waals surface area contributed by atoms with Crippen molar-refractivity contribution in [3.8, 4) is 0 Å². The first-order valence-electron chi connectivity index (χ1n) is 10.8. The Morgan fingerprint density at radius 1 is 1.03 bits per heavy atom. The van der Waals surface area contributed by atoms with Crippen LogP contribution in [-0.2, 0) is 34.4 Å². The molecule has 0 aliphatic heterocycles. The zero-order valence-corrected chi connectivity index (χ0v) is 18.9. The molecule has 0 aromatic heterocycles. The number of ether oxygens (including phenoxy) is 1. The maximum atomic E-state index is 13.1. The molecule has 2 aromatic rings. The van der Waals surface area contributed by atoms with Gasteiger partial charge in [-0.1, -0.05) is 62.4 Å². The van der Waals surface area contributed by atoms with Crippen molar-refractivity contribution < 1.29 is 14.6 Å². The predicted octanol–water partition coefficient (Wildman–Crippen LogP) is 4.30. The van der Waals surface area contributed by atoms with Crippen molar-refractivity contribution in [3.63, 3.8) is 0 Å². The Labute approximate surface area is 186 Å². The van der Waals surface area contributed by atoms with Crippen LogP contribution in [0.4, 0.5) is 0 Å². The molecule has 1 atom stereocenters. The van der Waals surface area contributed by atoms with Gasteiger partial charge in [0.25, 0.3) is 0 Å². The van der Waals surface area contributed by atoms with Crippen LogP contribution in [0.25, 0.3) is 0 Å². The Hall–Kier alpha value is -1.88. The molecule has 0 saturated carbocycles. The molecular weight excluding hydrogens is 398 g/mol. The van der Waals surface area contributed by atoms with Gasteiger partial charge in [0.1, 0.15) is 6.61 Å². The SMILES string of the molecule is CCN(CC)CCOC(=O)C(O)(Cc1ccccc1)c1ccc2c(c1)CCCC2.Cl. The molecule has 1 aliphatic rings. The molecule has 0 saturated heterocycles. The van der Waals surface area contributed by atoms with Gasteiger partial charge in [0.05, 0.1) is 0 Å². The lowest BCUT2D eigenvalue weighted by Crippen LogP contribution is -2.41. The first kappa shape index (κ1) is 24.4. The smallest absolute Gasteiger partial charge is 0.343 e. The Morgan fingerprint density at radius 3 is 2.37 bits per heavy atom. The maximum Gasteiger partial charge on any atom is 0.343 e. The van der Waals surface area contributed by atoms with E-state index in [-0.39, 0.29) is 25.4 Å².